The predicted molar refractivity (Wildman–Crippen MR) is 72.1 cm³/mol. The second-order valence-corrected chi connectivity index (χ2v) is 5.09. The molecule has 5 nitrogen and oxygen atoms in total. The first-order valence-corrected chi connectivity index (χ1v) is 6.49. The van der Waals surface area contributed by atoms with Crippen molar-refractivity contribution in [3.05, 3.63) is 29.6 Å². The molecule has 1 atom stereocenters. The van der Waals surface area contributed by atoms with Crippen LogP contribution in [0.3, 0.4) is 0 Å². The Morgan fingerprint density at radius 3 is 2.90 bits per heavy atom. The lowest BCUT2D eigenvalue weighted by molar-refractivity contribution is -0.138. The number of aliphatic carboxylic acids is 1. The zero-order chi connectivity index (χ0) is 14.7. The summed E-state index contributed by atoms with van der Waals surface area (Å²) in [4.78, 5) is 24.2. The minimum absolute atomic E-state index is 0.00648. The average molecular weight is 280 g/mol. The molecule has 0 bridgehead atoms. The van der Waals surface area contributed by atoms with E-state index in [0.717, 1.165) is 0 Å². The van der Waals surface area contributed by atoms with Crippen LogP contribution in [0.5, 0.6) is 0 Å². The van der Waals surface area contributed by atoms with Gasteiger partial charge < -0.3 is 15.3 Å². The van der Waals surface area contributed by atoms with Crippen LogP contribution >= 0.6 is 0 Å². The Morgan fingerprint density at radius 1 is 1.50 bits per heavy atom. The fraction of sp³-hybridized carbons (Fsp3) is 0.429. The van der Waals surface area contributed by atoms with E-state index in [9.17, 15) is 14.0 Å². The number of anilines is 1. The number of rotatable bonds is 3. The lowest BCUT2D eigenvalue weighted by atomic mass is 10.1. The zero-order valence-electron chi connectivity index (χ0n) is 11.2. The first-order chi connectivity index (χ1) is 9.45. The molecule has 1 saturated heterocycles. The summed E-state index contributed by atoms with van der Waals surface area (Å²) in [5.41, 5.74) is 0.922. The molecule has 6 heteroatoms. The van der Waals surface area contributed by atoms with Crippen LogP contribution in [0.25, 0.3) is 0 Å². The number of urea groups is 1. The Kier molecular flexibility index (Phi) is 4.22. The minimum Gasteiger partial charge on any atom is -0.481 e. The molecule has 0 aliphatic carbocycles. The van der Waals surface area contributed by atoms with Gasteiger partial charge in [0, 0.05) is 25.2 Å². The number of likely N-dealkylation sites (tertiary alicyclic amines) is 1. The molecule has 108 valence electrons. The molecule has 1 unspecified atom stereocenters. The summed E-state index contributed by atoms with van der Waals surface area (Å²) < 4.78 is 13.4. The third-order valence-electron chi connectivity index (χ3n) is 3.46. The maximum atomic E-state index is 13.4. The number of carboxylic acids is 1. The monoisotopic (exact) mass is 280 g/mol. The van der Waals surface area contributed by atoms with Gasteiger partial charge in [-0.05, 0) is 37.0 Å². The number of nitrogens with zero attached hydrogens (tertiary/aromatic N) is 1. The van der Waals surface area contributed by atoms with Crippen LogP contribution < -0.4 is 5.32 Å². The fourth-order valence-corrected chi connectivity index (χ4v) is 2.30. The van der Waals surface area contributed by atoms with E-state index in [-0.39, 0.29) is 24.2 Å². The van der Waals surface area contributed by atoms with Crippen LogP contribution in [-0.4, -0.2) is 35.1 Å². The topological polar surface area (TPSA) is 69.6 Å². The Labute approximate surface area is 116 Å². The highest BCUT2D eigenvalue weighted by atomic mass is 19.1. The highest BCUT2D eigenvalue weighted by Gasteiger charge is 2.27. The van der Waals surface area contributed by atoms with Crippen LogP contribution in [0.4, 0.5) is 14.9 Å². The van der Waals surface area contributed by atoms with Gasteiger partial charge in [0.05, 0.1) is 0 Å². The molecule has 0 radical (unpaired) electrons. The molecule has 0 aromatic heterocycles. The summed E-state index contributed by atoms with van der Waals surface area (Å²) in [7, 11) is 0. The van der Waals surface area contributed by atoms with Crippen molar-refractivity contribution in [3.63, 3.8) is 0 Å². The molecule has 0 spiro atoms. The van der Waals surface area contributed by atoms with Crippen molar-refractivity contribution >= 4 is 17.7 Å². The summed E-state index contributed by atoms with van der Waals surface area (Å²) >= 11 is 0. The van der Waals surface area contributed by atoms with E-state index in [4.69, 9.17) is 5.11 Å². The van der Waals surface area contributed by atoms with Gasteiger partial charge in [0.15, 0.2) is 0 Å². The van der Waals surface area contributed by atoms with Crippen LogP contribution in [-0.2, 0) is 4.79 Å². The molecule has 0 saturated carbocycles. The SMILES string of the molecule is Cc1ccc(NC(=O)N2CCC(CC(=O)O)C2)cc1F. The molecule has 1 aliphatic heterocycles. The van der Waals surface area contributed by atoms with Crippen molar-refractivity contribution in [2.24, 2.45) is 5.92 Å². The largest absolute Gasteiger partial charge is 0.481 e. The fourth-order valence-electron chi connectivity index (χ4n) is 2.30. The number of carbonyl (C=O) groups is 2. The molecule has 2 N–H and O–H groups in total. The van der Waals surface area contributed by atoms with Crippen molar-refractivity contribution in [1.82, 2.24) is 4.90 Å². The first-order valence-electron chi connectivity index (χ1n) is 6.49. The molecule has 20 heavy (non-hydrogen) atoms. The Balaban J connectivity index is 1.92. The van der Waals surface area contributed by atoms with E-state index in [1.54, 1.807) is 24.0 Å². The van der Waals surface area contributed by atoms with Crippen LogP contribution in [0.1, 0.15) is 18.4 Å². The first kappa shape index (κ1) is 14.3. The second kappa shape index (κ2) is 5.90. The van der Waals surface area contributed by atoms with Crippen LogP contribution in [0, 0.1) is 18.7 Å². The molecule has 2 amide bonds. The van der Waals surface area contributed by atoms with E-state index < -0.39 is 5.97 Å². The Bertz CT molecular complexity index is 533. The summed E-state index contributed by atoms with van der Waals surface area (Å²) in [6.45, 7) is 2.60. The molecule has 1 aliphatic rings. The van der Waals surface area contributed by atoms with E-state index in [1.165, 1.54) is 6.07 Å². The maximum Gasteiger partial charge on any atom is 0.321 e. The van der Waals surface area contributed by atoms with Crippen molar-refractivity contribution in [3.8, 4) is 0 Å². The van der Waals surface area contributed by atoms with Gasteiger partial charge in [-0.3, -0.25) is 4.79 Å². The van der Waals surface area contributed by atoms with Gasteiger partial charge in [0.2, 0.25) is 0 Å². The molecular weight excluding hydrogens is 263 g/mol. The van der Waals surface area contributed by atoms with Gasteiger partial charge in [-0.15, -0.1) is 0 Å². The van der Waals surface area contributed by atoms with Crippen molar-refractivity contribution in [2.45, 2.75) is 19.8 Å². The van der Waals surface area contributed by atoms with E-state index in [2.05, 4.69) is 5.32 Å². The molecule has 2 rings (SSSR count). The van der Waals surface area contributed by atoms with Crippen molar-refractivity contribution < 1.29 is 19.1 Å². The summed E-state index contributed by atoms with van der Waals surface area (Å²) in [6.07, 6.45) is 0.755. The number of nitrogens with one attached hydrogen (secondary N) is 1. The minimum atomic E-state index is -0.849. The number of benzene rings is 1. The number of hydrogen-bond donors (Lipinski definition) is 2. The highest BCUT2D eigenvalue weighted by Crippen LogP contribution is 2.21. The molecular formula is C14H17FN2O3. The number of carbonyl (C=O) groups excluding carboxylic acids is 1. The highest BCUT2D eigenvalue weighted by molar-refractivity contribution is 5.89. The van der Waals surface area contributed by atoms with Gasteiger partial charge in [-0.25, -0.2) is 9.18 Å². The summed E-state index contributed by atoms with van der Waals surface area (Å²) in [5, 5.41) is 11.4. The third-order valence-corrected chi connectivity index (χ3v) is 3.46. The molecule has 1 heterocycles. The lowest BCUT2D eigenvalue weighted by Gasteiger charge is -2.17. The summed E-state index contributed by atoms with van der Waals surface area (Å²) in [5.74, 6) is -1.22. The number of halogens is 1. The third kappa shape index (κ3) is 3.46. The van der Waals surface area contributed by atoms with Crippen LogP contribution in [0.2, 0.25) is 0 Å². The quantitative estimate of drug-likeness (QED) is 0.893. The van der Waals surface area contributed by atoms with Crippen molar-refractivity contribution in [2.75, 3.05) is 18.4 Å². The standard InChI is InChI=1S/C14H17FN2O3/c1-9-2-3-11(7-12(9)15)16-14(20)17-5-4-10(8-17)6-13(18)19/h2-3,7,10H,4-6,8H2,1H3,(H,16,20)(H,18,19). The maximum absolute atomic E-state index is 13.4. The molecule has 1 aromatic carbocycles. The van der Waals surface area contributed by atoms with Gasteiger partial charge in [-0.1, -0.05) is 6.07 Å². The number of carboxylic acid groups (broad SMARTS) is 1. The zero-order valence-corrected chi connectivity index (χ0v) is 11.2. The molecule has 1 aromatic rings. The average Bonchev–Trinajstić information content (AvgIpc) is 2.81. The number of aryl methyl sites for hydroxylation is 1. The van der Waals surface area contributed by atoms with E-state index in [0.29, 0.717) is 30.8 Å². The lowest BCUT2D eigenvalue weighted by Crippen LogP contribution is -2.33. The smallest absolute Gasteiger partial charge is 0.321 e. The van der Waals surface area contributed by atoms with E-state index >= 15 is 0 Å². The van der Waals surface area contributed by atoms with Gasteiger partial charge in [0.1, 0.15) is 5.82 Å². The Morgan fingerprint density at radius 2 is 2.25 bits per heavy atom. The number of amides is 2. The van der Waals surface area contributed by atoms with E-state index in [1.807, 2.05) is 0 Å². The second-order valence-electron chi connectivity index (χ2n) is 5.09. The number of hydrogen-bond acceptors (Lipinski definition) is 2. The van der Waals surface area contributed by atoms with Crippen LogP contribution in [0.15, 0.2) is 18.2 Å². The Hall–Kier alpha value is -2.11. The van der Waals surface area contributed by atoms with Crippen molar-refractivity contribution in [1.29, 1.82) is 0 Å². The summed E-state index contributed by atoms with van der Waals surface area (Å²) in [6, 6.07) is 4.20. The van der Waals surface area contributed by atoms with Gasteiger partial charge in [-0.2, -0.15) is 0 Å². The van der Waals surface area contributed by atoms with Gasteiger partial charge >= 0.3 is 12.0 Å². The normalized spacial score (nSPS) is 18.1. The molecule has 1 fully saturated rings. The van der Waals surface area contributed by atoms with Gasteiger partial charge in [0.25, 0.3) is 0 Å². The predicted octanol–water partition coefficient (Wildman–Crippen LogP) is 2.46.